The van der Waals surface area contributed by atoms with Gasteiger partial charge < -0.3 is 11.1 Å². The molecule has 3 N–H and O–H groups in total. The minimum absolute atomic E-state index is 0.0817. The maximum Gasteiger partial charge on any atom is 0.435 e. The number of nitrogens with one attached hydrogen (secondary N) is 1. The average Bonchev–Trinajstić information content (AvgIpc) is 3.74. The van der Waals surface area contributed by atoms with Crippen LogP contribution in [-0.2, 0) is 12.7 Å². The van der Waals surface area contributed by atoms with Crippen molar-refractivity contribution in [1.82, 2.24) is 14.7 Å². The molecule has 1 fully saturated rings. The van der Waals surface area contributed by atoms with Crippen LogP contribution in [-0.4, -0.2) is 33.7 Å². The highest BCUT2D eigenvalue weighted by molar-refractivity contribution is 6.03. The van der Waals surface area contributed by atoms with E-state index in [1.807, 2.05) is 30.3 Å². The predicted molar refractivity (Wildman–Crippen MR) is 157 cm³/mol. The van der Waals surface area contributed by atoms with Gasteiger partial charge in [0.15, 0.2) is 5.69 Å². The van der Waals surface area contributed by atoms with Crippen molar-refractivity contribution in [3.8, 4) is 5.69 Å². The molecule has 214 valence electrons. The Morgan fingerprint density at radius 3 is 2.50 bits per heavy atom. The molecule has 6 rings (SSSR count). The van der Waals surface area contributed by atoms with Gasteiger partial charge in [-0.15, -0.1) is 0 Å². The van der Waals surface area contributed by atoms with E-state index in [1.165, 1.54) is 0 Å². The number of hydrogen-bond acceptors (Lipinski definition) is 4. The summed E-state index contributed by atoms with van der Waals surface area (Å²) in [5.41, 5.74) is 7.97. The zero-order valence-corrected chi connectivity index (χ0v) is 23.0. The van der Waals surface area contributed by atoms with Gasteiger partial charge in [-0.05, 0) is 71.6 Å². The normalized spacial score (nSPS) is 14.3. The van der Waals surface area contributed by atoms with Crippen LogP contribution in [0.2, 0.25) is 0 Å². The third kappa shape index (κ3) is 5.53. The van der Waals surface area contributed by atoms with E-state index >= 15 is 0 Å². The highest BCUT2D eigenvalue weighted by Crippen LogP contribution is 2.40. The molecule has 1 aliphatic rings. The van der Waals surface area contributed by atoms with Crippen LogP contribution in [0, 0.1) is 0 Å². The molecule has 0 aliphatic heterocycles. The smallest absolute Gasteiger partial charge is 0.326 e. The summed E-state index contributed by atoms with van der Waals surface area (Å²) in [6, 6.07) is 29.8. The number of nitrogens with zero attached hydrogens (tertiary/aromatic N) is 3. The average molecular weight is 570 g/mol. The van der Waals surface area contributed by atoms with E-state index in [0.717, 1.165) is 45.5 Å². The van der Waals surface area contributed by atoms with E-state index < -0.39 is 17.8 Å². The Hall–Kier alpha value is -4.47. The van der Waals surface area contributed by atoms with Gasteiger partial charge in [-0.2, -0.15) is 18.3 Å². The number of anilines is 1. The topological polar surface area (TPSA) is 76.2 Å². The molecule has 9 heteroatoms. The lowest BCUT2D eigenvalue weighted by molar-refractivity contribution is -0.141. The molecule has 0 radical (unpaired) electrons. The van der Waals surface area contributed by atoms with Gasteiger partial charge in [0.05, 0.1) is 11.7 Å². The Kier molecular flexibility index (Phi) is 7.30. The number of carbonyl (C=O) groups is 1. The van der Waals surface area contributed by atoms with Crippen molar-refractivity contribution in [1.29, 1.82) is 0 Å². The van der Waals surface area contributed by atoms with Crippen LogP contribution in [0.15, 0.2) is 97.1 Å². The van der Waals surface area contributed by atoms with Crippen LogP contribution in [0.4, 0.5) is 18.9 Å². The molecule has 1 heterocycles. The maximum absolute atomic E-state index is 13.7. The van der Waals surface area contributed by atoms with E-state index in [1.54, 1.807) is 30.3 Å². The second kappa shape index (κ2) is 11.1. The summed E-state index contributed by atoms with van der Waals surface area (Å²) in [6.45, 7) is 0.197. The van der Waals surface area contributed by atoms with Gasteiger partial charge >= 0.3 is 6.18 Å². The number of fused-ring (bicyclic) bond motifs is 1. The fourth-order valence-electron chi connectivity index (χ4n) is 5.49. The van der Waals surface area contributed by atoms with Gasteiger partial charge in [0.2, 0.25) is 0 Å². The standard InChI is InChI=1S/C33H30F3N5O/c1-40(25-15-16-25)31(28-14-6-9-22-8-2-3-13-27(22)28)23-10-5-11-24(18-23)38-32(42)29-19-30(33(34,35)36)39-41(29)26-12-4-7-21(17-26)20-37/h2-14,17-19,25,31H,15-16,20,37H2,1H3,(H,38,42). The first-order valence-electron chi connectivity index (χ1n) is 13.8. The molecule has 6 nitrogen and oxygen atoms in total. The number of halogens is 3. The molecule has 42 heavy (non-hydrogen) atoms. The lowest BCUT2D eigenvalue weighted by Gasteiger charge is -2.30. The van der Waals surface area contributed by atoms with Crippen molar-refractivity contribution < 1.29 is 18.0 Å². The number of amides is 1. The maximum atomic E-state index is 13.7. The molecule has 1 unspecified atom stereocenters. The van der Waals surface area contributed by atoms with Crippen LogP contribution >= 0.6 is 0 Å². The van der Waals surface area contributed by atoms with E-state index in [4.69, 9.17) is 5.73 Å². The predicted octanol–water partition coefficient (Wildman–Crippen LogP) is 6.94. The number of rotatable bonds is 8. The Morgan fingerprint density at radius 1 is 1.00 bits per heavy atom. The summed E-state index contributed by atoms with van der Waals surface area (Å²) in [7, 11) is 2.11. The lowest BCUT2D eigenvalue weighted by Crippen LogP contribution is -2.28. The van der Waals surface area contributed by atoms with E-state index in [2.05, 4.69) is 52.7 Å². The van der Waals surface area contributed by atoms with Gasteiger partial charge in [-0.1, -0.05) is 66.7 Å². The Balaban J connectivity index is 1.37. The van der Waals surface area contributed by atoms with Crippen molar-refractivity contribution in [2.75, 3.05) is 12.4 Å². The number of benzene rings is 4. The Bertz CT molecular complexity index is 1750. The summed E-state index contributed by atoms with van der Waals surface area (Å²) in [5.74, 6) is -0.703. The van der Waals surface area contributed by atoms with Crippen molar-refractivity contribution in [2.45, 2.75) is 37.6 Å². The number of alkyl halides is 3. The molecule has 5 aromatic rings. The fraction of sp³-hybridized carbons (Fsp3) is 0.212. The molecule has 0 spiro atoms. The summed E-state index contributed by atoms with van der Waals surface area (Å²) in [4.78, 5) is 15.9. The SMILES string of the molecule is CN(C1CC1)C(c1cccc(NC(=O)c2cc(C(F)(F)F)nn2-c2cccc(CN)c2)c1)c1cccc2ccccc12. The number of nitrogens with two attached hydrogens (primary N) is 1. The summed E-state index contributed by atoms with van der Waals surface area (Å²) in [6.07, 6.45) is -2.49. The second-order valence-electron chi connectivity index (χ2n) is 10.6. The third-order valence-corrected chi connectivity index (χ3v) is 7.73. The van der Waals surface area contributed by atoms with Crippen LogP contribution in [0.1, 0.15) is 51.8 Å². The highest BCUT2D eigenvalue weighted by atomic mass is 19.4. The largest absolute Gasteiger partial charge is 0.435 e. The van der Waals surface area contributed by atoms with E-state index in [-0.39, 0.29) is 18.3 Å². The molecule has 1 aromatic heterocycles. The molecule has 1 aliphatic carbocycles. The first-order valence-corrected chi connectivity index (χ1v) is 13.8. The summed E-state index contributed by atoms with van der Waals surface area (Å²) < 4.78 is 42.0. The number of hydrogen-bond donors (Lipinski definition) is 2. The van der Waals surface area contributed by atoms with Crippen LogP contribution < -0.4 is 11.1 Å². The molecular formula is C33H30F3N5O. The Labute approximate surface area is 241 Å². The zero-order valence-electron chi connectivity index (χ0n) is 23.0. The lowest BCUT2D eigenvalue weighted by atomic mass is 9.92. The summed E-state index contributed by atoms with van der Waals surface area (Å²) in [5, 5.41) is 8.84. The molecule has 1 amide bonds. The molecule has 1 saturated carbocycles. The third-order valence-electron chi connectivity index (χ3n) is 7.73. The van der Waals surface area contributed by atoms with Crippen LogP contribution in [0.25, 0.3) is 16.5 Å². The minimum atomic E-state index is -4.72. The molecular weight excluding hydrogens is 539 g/mol. The van der Waals surface area contributed by atoms with E-state index in [0.29, 0.717) is 23.0 Å². The first-order chi connectivity index (χ1) is 20.2. The molecule has 1 atom stereocenters. The van der Waals surface area contributed by atoms with Gasteiger partial charge in [-0.3, -0.25) is 9.69 Å². The van der Waals surface area contributed by atoms with Crippen molar-refractivity contribution in [2.24, 2.45) is 5.73 Å². The monoisotopic (exact) mass is 569 g/mol. The number of carbonyl (C=O) groups excluding carboxylic acids is 1. The highest BCUT2D eigenvalue weighted by Gasteiger charge is 2.36. The Morgan fingerprint density at radius 2 is 1.74 bits per heavy atom. The second-order valence-corrected chi connectivity index (χ2v) is 10.6. The van der Waals surface area contributed by atoms with Crippen molar-refractivity contribution in [3.05, 3.63) is 125 Å². The molecule has 0 bridgehead atoms. The first kappa shape index (κ1) is 27.7. The van der Waals surface area contributed by atoms with Gasteiger partial charge in [0.25, 0.3) is 5.91 Å². The quantitative estimate of drug-likeness (QED) is 0.212. The molecule has 4 aromatic carbocycles. The van der Waals surface area contributed by atoms with Gasteiger partial charge in [-0.25, -0.2) is 4.68 Å². The zero-order chi connectivity index (χ0) is 29.4. The van der Waals surface area contributed by atoms with Crippen LogP contribution in [0.5, 0.6) is 0 Å². The molecule has 0 saturated heterocycles. The van der Waals surface area contributed by atoms with Crippen molar-refractivity contribution in [3.63, 3.8) is 0 Å². The van der Waals surface area contributed by atoms with E-state index in [9.17, 15) is 18.0 Å². The van der Waals surface area contributed by atoms with Gasteiger partial charge in [0, 0.05) is 24.3 Å². The number of aromatic nitrogens is 2. The van der Waals surface area contributed by atoms with Crippen molar-refractivity contribution >= 4 is 22.4 Å². The fourth-order valence-corrected chi connectivity index (χ4v) is 5.49. The van der Waals surface area contributed by atoms with Gasteiger partial charge in [0.1, 0.15) is 5.69 Å². The minimum Gasteiger partial charge on any atom is -0.326 e. The summed E-state index contributed by atoms with van der Waals surface area (Å²) >= 11 is 0. The van der Waals surface area contributed by atoms with Crippen LogP contribution in [0.3, 0.4) is 0 Å².